The molecule has 2 saturated heterocycles. The molecule has 2 aliphatic heterocycles. The molecule has 11 heteroatoms. The van der Waals surface area contributed by atoms with Crippen molar-refractivity contribution < 1.29 is 29.2 Å². The van der Waals surface area contributed by atoms with E-state index in [-0.39, 0.29) is 5.56 Å². The Morgan fingerprint density at radius 3 is 2.43 bits per heavy atom. The normalized spacial score (nSPS) is 27.5. The molecule has 2 fully saturated rings. The second-order valence-electron chi connectivity index (χ2n) is 7.12. The number of nitro benzene ring substituents is 1. The topological polar surface area (TPSA) is 147 Å². The number of amides is 2. The van der Waals surface area contributed by atoms with Crippen molar-refractivity contribution in [3.63, 3.8) is 0 Å². The summed E-state index contributed by atoms with van der Waals surface area (Å²) in [6, 6.07) is 4.00. The maximum Gasteiger partial charge on any atom is 0.327 e. The zero-order chi connectivity index (χ0) is 21.0. The van der Waals surface area contributed by atoms with Gasteiger partial charge in [0.1, 0.15) is 17.0 Å². The van der Waals surface area contributed by atoms with Crippen molar-refractivity contribution in [1.29, 1.82) is 0 Å². The molecule has 1 aromatic rings. The lowest BCUT2D eigenvalue weighted by atomic mass is 9.81. The first-order valence-corrected chi connectivity index (χ1v) is 9.13. The lowest BCUT2D eigenvalue weighted by molar-refractivity contribution is -0.385. The van der Waals surface area contributed by atoms with Crippen molar-refractivity contribution in [2.45, 2.75) is 42.5 Å². The quantitative estimate of drug-likeness (QED) is 0.315. The van der Waals surface area contributed by atoms with Crippen LogP contribution in [-0.2, 0) is 14.4 Å². The van der Waals surface area contributed by atoms with Gasteiger partial charge in [-0.1, -0.05) is 12.1 Å². The number of ketones is 1. The van der Waals surface area contributed by atoms with Crippen LogP contribution in [0.1, 0.15) is 31.1 Å². The van der Waals surface area contributed by atoms with Crippen molar-refractivity contribution in [3.05, 3.63) is 39.9 Å². The van der Waals surface area contributed by atoms with E-state index in [1.807, 2.05) is 0 Å². The molecule has 2 amide bonds. The van der Waals surface area contributed by atoms with E-state index in [1.54, 1.807) is 13.8 Å². The van der Waals surface area contributed by atoms with E-state index in [9.17, 15) is 34.4 Å². The first-order chi connectivity index (χ1) is 12.9. The number of hydrogen-bond acceptors (Lipinski definition) is 7. The highest BCUT2D eigenvalue weighted by molar-refractivity contribution is 8.01. The Balaban J connectivity index is 2.00. The zero-order valence-electron chi connectivity index (χ0n) is 15.2. The third-order valence-corrected chi connectivity index (χ3v) is 6.63. The number of carbonyl (C=O) groups is 4. The van der Waals surface area contributed by atoms with Crippen LogP contribution < -0.4 is 5.32 Å². The standard InChI is InChI=1S/C17H17N3O7S/c1-8(21)17(18-12(22)9-6-4-5-7-10(9)20(26)27)14(25)19-11(13(23)24)16(2,3)28-15(17)19/h4-7,11,15H,1-3H3,(H,18,22)(H,23,24)/t11-,15+,17-/m0/s1. The molecule has 28 heavy (non-hydrogen) atoms. The Morgan fingerprint density at radius 1 is 1.29 bits per heavy atom. The van der Waals surface area contributed by atoms with E-state index >= 15 is 0 Å². The third kappa shape index (κ3) is 2.57. The van der Waals surface area contributed by atoms with Crippen LogP contribution in [0.3, 0.4) is 0 Å². The number of β-lactam (4-membered cyclic amide) rings is 1. The number of Topliss-reactive ketones (excluding diaryl/α,β-unsaturated/α-hetero) is 1. The number of rotatable bonds is 5. The highest BCUT2D eigenvalue weighted by Gasteiger charge is 2.74. The molecule has 2 N–H and O–H groups in total. The minimum Gasteiger partial charge on any atom is -0.480 e. The second-order valence-corrected chi connectivity index (χ2v) is 8.85. The monoisotopic (exact) mass is 407 g/mol. The summed E-state index contributed by atoms with van der Waals surface area (Å²) < 4.78 is -0.896. The van der Waals surface area contributed by atoms with Crippen LogP contribution in [-0.4, -0.2) is 60.2 Å². The number of nitrogens with zero attached hydrogens (tertiary/aromatic N) is 2. The number of nitro groups is 1. The smallest absolute Gasteiger partial charge is 0.327 e. The first-order valence-electron chi connectivity index (χ1n) is 8.25. The van der Waals surface area contributed by atoms with Gasteiger partial charge >= 0.3 is 5.97 Å². The summed E-state index contributed by atoms with van der Waals surface area (Å²) in [7, 11) is 0. The molecular weight excluding hydrogens is 390 g/mol. The zero-order valence-corrected chi connectivity index (χ0v) is 16.0. The lowest BCUT2D eigenvalue weighted by Gasteiger charge is -2.51. The summed E-state index contributed by atoms with van der Waals surface area (Å²) in [5.74, 6) is -3.66. The Labute approximate surface area is 163 Å². The van der Waals surface area contributed by atoms with E-state index in [1.165, 1.54) is 18.2 Å². The molecule has 148 valence electrons. The van der Waals surface area contributed by atoms with E-state index in [0.717, 1.165) is 29.7 Å². The third-order valence-electron chi connectivity index (χ3n) is 4.99. The Morgan fingerprint density at radius 2 is 1.89 bits per heavy atom. The van der Waals surface area contributed by atoms with Gasteiger partial charge in [0, 0.05) is 10.8 Å². The highest BCUT2D eigenvalue weighted by Crippen LogP contribution is 2.55. The minimum atomic E-state index is -1.97. The summed E-state index contributed by atoms with van der Waals surface area (Å²) in [6.45, 7) is 4.39. The van der Waals surface area contributed by atoms with E-state index in [0.29, 0.717) is 0 Å². The van der Waals surface area contributed by atoms with Gasteiger partial charge in [0.25, 0.3) is 17.5 Å². The molecule has 0 bridgehead atoms. The average Bonchev–Trinajstić information content (AvgIpc) is 2.87. The van der Waals surface area contributed by atoms with Crippen LogP contribution >= 0.6 is 11.8 Å². The number of carboxylic acid groups (broad SMARTS) is 1. The van der Waals surface area contributed by atoms with Crippen LogP contribution in [0.5, 0.6) is 0 Å². The molecule has 0 saturated carbocycles. The van der Waals surface area contributed by atoms with Crippen LogP contribution in [0.15, 0.2) is 24.3 Å². The number of thioether (sulfide) groups is 1. The molecule has 0 radical (unpaired) electrons. The molecule has 3 rings (SSSR count). The molecule has 3 atom stereocenters. The van der Waals surface area contributed by atoms with Gasteiger partial charge in [-0.25, -0.2) is 4.79 Å². The number of benzene rings is 1. The number of carboxylic acids is 1. The maximum absolute atomic E-state index is 12.9. The van der Waals surface area contributed by atoms with Crippen LogP contribution in [0.2, 0.25) is 0 Å². The summed E-state index contributed by atoms with van der Waals surface area (Å²) >= 11 is 1.10. The highest BCUT2D eigenvalue weighted by atomic mass is 32.2. The maximum atomic E-state index is 12.9. The van der Waals surface area contributed by atoms with Gasteiger partial charge < -0.3 is 15.3 Å². The molecule has 1 aromatic carbocycles. The van der Waals surface area contributed by atoms with E-state index in [4.69, 9.17) is 0 Å². The van der Waals surface area contributed by atoms with Crippen molar-refractivity contribution in [2.24, 2.45) is 0 Å². The van der Waals surface area contributed by atoms with Gasteiger partial charge in [0.2, 0.25) is 5.54 Å². The molecule has 0 aliphatic carbocycles. The molecule has 0 unspecified atom stereocenters. The van der Waals surface area contributed by atoms with E-state index in [2.05, 4.69) is 5.32 Å². The van der Waals surface area contributed by atoms with Crippen LogP contribution in [0, 0.1) is 10.1 Å². The molecule has 2 aliphatic rings. The molecule has 2 heterocycles. The van der Waals surface area contributed by atoms with Gasteiger partial charge in [0.15, 0.2) is 5.78 Å². The summed E-state index contributed by atoms with van der Waals surface area (Å²) in [4.78, 5) is 61.2. The SMILES string of the molecule is CC(=O)[C@]1(NC(=O)c2ccccc2[N+](=O)[O-])C(=O)N2[C@@H](C(=O)O)C(C)(C)S[C@@H]21. The van der Waals surface area contributed by atoms with Gasteiger partial charge in [-0.05, 0) is 26.8 Å². The van der Waals surface area contributed by atoms with Crippen molar-refractivity contribution in [1.82, 2.24) is 10.2 Å². The number of aliphatic carboxylic acids is 1. The van der Waals surface area contributed by atoms with Crippen LogP contribution in [0.4, 0.5) is 5.69 Å². The molecule has 0 spiro atoms. The fraction of sp³-hybridized carbons (Fsp3) is 0.412. The largest absolute Gasteiger partial charge is 0.480 e. The van der Waals surface area contributed by atoms with Gasteiger partial charge in [-0.15, -0.1) is 11.8 Å². The average molecular weight is 407 g/mol. The van der Waals surface area contributed by atoms with Gasteiger partial charge in [-0.3, -0.25) is 24.5 Å². The van der Waals surface area contributed by atoms with Crippen LogP contribution in [0.25, 0.3) is 0 Å². The summed E-state index contributed by atoms with van der Waals surface area (Å²) in [5.41, 5.74) is -2.73. The van der Waals surface area contributed by atoms with Crippen molar-refractivity contribution in [2.75, 3.05) is 0 Å². The second kappa shape index (κ2) is 6.30. The van der Waals surface area contributed by atoms with E-state index < -0.39 is 55.9 Å². The number of fused-ring (bicyclic) bond motifs is 1. The van der Waals surface area contributed by atoms with Crippen molar-refractivity contribution >= 4 is 41.0 Å². The number of hydrogen-bond donors (Lipinski definition) is 2. The summed E-state index contributed by atoms with van der Waals surface area (Å²) in [6.07, 6.45) is 0. The predicted octanol–water partition coefficient (Wildman–Crippen LogP) is 0.799. The lowest BCUT2D eigenvalue weighted by Crippen LogP contribution is -2.82. The fourth-order valence-electron chi connectivity index (χ4n) is 3.66. The fourth-order valence-corrected chi connectivity index (χ4v) is 5.41. The predicted molar refractivity (Wildman–Crippen MR) is 97.7 cm³/mol. The number of para-hydroxylation sites is 1. The van der Waals surface area contributed by atoms with Gasteiger partial charge in [0.05, 0.1) is 4.92 Å². The Hall–Kier alpha value is -2.95. The number of nitrogens with one attached hydrogen (secondary N) is 1. The Bertz CT molecular complexity index is 931. The van der Waals surface area contributed by atoms with Crippen molar-refractivity contribution in [3.8, 4) is 0 Å². The molecular formula is C17H17N3O7S. The van der Waals surface area contributed by atoms with Gasteiger partial charge in [-0.2, -0.15) is 0 Å². The summed E-state index contributed by atoms with van der Waals surface area (Å²) in [5, 5.41) is 22.1. The molecule has 10 nitrogen and oxygen atoms in total. The minimum absolute atomic E-state index is 0.295. The molecule has 0 aromatic heterocycles. The Kier molecular flexibility index (Phi) is 4.45. The first kappa shape index (κ1) is 19.8. The number of carbonyl (C=O) groups excluding carboxylic acids is 3.